The minimum absolute atomic E-state index is 0.438. The maximum atomic E-state index is 3.65. The van der Waals surface area contributed by atoms with Gasteiger partial charge < -0.3 is 15.1 Å². The molecule has 0 amide bonds. The van der Waals surface area contributed by atoms with Crippen molar-refractivity contribution in [3.05, 3.63) is 0 Å². The summed E-state index contributed by atoms with van der Waals surface area (Å²) in [4.78, 5) is 5.10. The molecule has 1 saturated carbocycles. The SMILES string of the molecule is CNC1(CCN(C)C2CCCN(C)C2)CCCCC1. The minimum atomic E-state index is 0.438. The average Bonchev–Trinajstić information content (AvgIpc) is 2.46. The van der Waals surface area contributed by atoms with Gasteiger partial charge in [0.25, 0.3) is 0 Å². The molecule has 3 heteroatoms. The zero-order valence-corrected chi connectivity index (χ0v) is 13.2. The van der Waals surface area contributed by atoms with E-state index in [0.29, 0.717) is 5.54 Å². The highest BCUT2D eigenvalue weighted by Gasteiger charge is 2.31. The second-order valence-corrected chi connectivity index (χ2v) is 6.88. The van der Waals surface area contributed by atoms with Gasteiger partial charge >= 0.3 is 0 Å². The lowest BCUT2D eigenvalue weighted by Gasteiger charge is -2.41. The minimum Gasteiger partial charge on any atom is -0.314 e. The number of likely N-dealkylation sites (tertiary alicyclic amines) is 1. The zero-order valence-electron chi connectivity index (χ0n) is 13.2. The fourth-order valence-corrected chi connectivity index (χ4v) is 3.93. The lowest BCUT2D eigenvalue weighted by atomic mass is 9.79. The van der Waals surface area contributed by atoms with Crippen LogP contribution >= 0.6 is 0 Å². The van der Waals surface area contributed by atoms with Crippen LogP contribution in [-0.4, -0.2) is 62.2 Å². The molecule has 0 radical (unpaired) electrons. The number of likely N-dealkylation sites (N-methyl/N-ethyl adjacent to an activating group) is 2. The van der Waals surface area contributed by atoms with Gasteiger partial charge in [-0.1, -0.05) is 19.3 Å². The second-order valence-electron chi connectivity index (χ2n) is 6.88. The molecule has 0 spiro atoms. The zero-order chi connectivity index (χ0) is 13.7. The number of piperidine rings is 1. The third kappa shape index (κ3) is 4.17. The Morgan fingerprint density at radius 1 is 1.21 bits per heavy atom. The van der Waals surface area contributed by atoms with Gasteiger partial charge in [0, 0.05) is 18.1 Å². The molecule has 1 saturated heterocycles. The van der Waals surface area contributed by atoms with Crippen LogP contribution in [0.2, 0.25) is 0 Å². The standard InChI is InChI=1S/C16H33N3/c1-17-16(9-5-4-6-10-16)11-13-19(3)15-8-7-12-18(2)14-15/h15,17H,4-14H2,1-3H3. The van der Waals surface area contributed by atoms with Gasteiger partial charge in [-0.05, 0) is 66.3 Å². The predicted octanol–water partition coefficient (Wildman–Crippen LogP) is 2.32. The van der Waals surface area contributed by atoms with Crippen LogP contribution in [0, 0.1) is 0 Å². The summed E-state index contributed by atoms with van der Waals surface area (Å²) in [5.74, 6) is 0. The largest absolute Gasteiger partial charge is 0.314 e. The quantitative estimate of drug-likeness (QED) is 0.825. The van der Waals surface area contributed by atoms with Gasteiger partial charge in [0.15, 0.2) is 0 Å². The van der Waals surface area contributed by atoms with Crippen molar-refractivity contribution in [2.75, 3.05) is 40.8 Å². The maximum Gasteiger partial charge on any atom is 0.0220 e. The number of rotatable bonds is 5. The fraction of sp³-hybridized carbons (Fsp3) is 1.00. The van der Waals surface area contributed by atoms with E-state index in [2.05, 4.69) is 36.3 Å². The molecule has 3 nitrogen and oxygen atoms in total. The molecular formula is C16H33N3. The van der Waals surface area contributed by atoms with Crippen LogP contribution in [-0.2, 0) is 0 Å². The first-order chi connectivity index (χ1) is 9.15. The lowest BCUT2D eigenvalue weighted by Crippen LogP contribution is -2.50. The summed E-state index contributed by atoms with van der Waals surface area (Å²) < 4.78 is 0. The summed E-state index contributed by atoms with van der Waals surface area (Å²) in [6.45, 7) is 3.78. The molecule has 1 unspecified atom stereocenters. The van der Waals surface area contributed by atoms with Gasteiger partial charge in [0.2, 0.25) is 0 Å². The normalized spacial score (nSPS) is 28.7. The first-order valence-electron chi connectivity index (χ1n) is 8.23. The van der Waals surface area contributed by atoms with Gasteiger partial charge in [-0.25, -0.2) is 0 Å². The van der Waals surface area contributed by atoms with E-state index < -0.39 is 0 Å². The van der Waals surface area contributed by atoms with Crippen molar-refractivity contribution in [2.45, 2.75) is 62.9 Å². The second kappa shape index (κ2) is 7.05. The van der Waals surface area contributed by atoms with Crippen molar-refractivity contribution in [1.82, 2.24) is 15.1 Å². The molecule has 0 bridgehead atoms. The Kier molecular flexibility index (Phi) is 5.67. The predicted molar refractivity (Wildman–Crippen MR) is 82.6 cm³/mol. The van der Waals surface area contributed by atoms with Crippen molar-refractivity contribution in [3.8, 4) is 0 Å². The van der Waals surface area contributed by atoms with Crippen LogP contribution < -0.4 is 5.32 Å². The Morgan fingerprint density at radius 3 is 2.58 bits per heavy atom. The van der Waals surface area contributed by atoms with E-state index >= 15 is 0 Å². The Bertz CT molecular complexity index is 261. The molecule has 1 N–H and O–H groups in total. The summed E-state index contributed by atoms with van der Waals surface area (Å²) in [6, 6.07) is 0.774. The average molecular weight is 267 g/mol. The van der Waals surface area contributed by atoms with Crippen molar-refractivity contribution in [2.24, 2.45) is 0 Å². The van der Waals surface area contributed by atoms with Crippen LogP contribution in [0.15, 0.2) is 0 Å². The number of nitrogens with one attached hydrogen (secondary N) is 1. The summed E-state index contributed by atoms with van der Waals surface area (Å²) in [5, 5.41) is 3.65. The van der Waals surface area contributed by atoms with Gasteiger partial charge in [0.1, 0.15) is 0 Å². The van der Waals surface area contributed by atoms with Crippen molar-refractivity contribution in [3.63, 3.8) is 0 Å². The lowest BCUT2D eigenvalue weighted by molar-refractivity contribution is 0.116. The highest BCUT2D eigenvalue weighted by atomic mass is 15.2. The van der Waals surface area contributed by atoms with E-state index in [4.69, 9.17) is 0 Å². The van der Waals surface area contributed by atoms with E-state index in [-0.39, 0.29) is 0 Å². The Labute approximate surface area is 119 Å². The first-order valence-corrected chi connectivity index (χ1v) is 8.23. The molecule has 1 aliphatic carbocycles. The molecule has 1 aliphatic heterocycles. The molecule has 0 aromatic heterocycles. The number of nitrogens with zero attached hydrogens (tertiary/aromatic N) is 2. The van der Waals surface area contributed by atoms with Gasteiger partial charge in [-0.15, -0.1) is 0 Å². The number of hydrogen-bond acceptors (Lipinski definition) is 3. The first kappa shape index (κ1) is 15.3. The smallest absolute Gasteiger partial charge is 0.0220 e. The third-order valence-electron chi connectivity index (χ3n) is 5.51. The molecule has 19 heavy (non-hydrogen) atoms. The van der Waals surface area contributed by atoms with Crippen LogP contribution in [0.1, 0.15) is 51.4 Å². The molecule has 1 heterocycles. The van der Waals surface area contributed by atoms with E-state index in [1.165, 1.54) is 71.0 Å². The van der Waals surface area contributed by atoms with Gasteiger partial charge in [0.05, 0.1) is 0 Å². The molecular weight excluding hydrogens is 234 g/mol. The number of hydrogen-bond donors (Lipinski definition) is 1. The van der Waals surface area contributed by atoms with Gasteiger partial charge in [-0.2, -0.15) is 0 Å². The van der Waals surface area contributed by atoms with E-state index in [1.807, 2.05) is 0 Å². The van der Waals surface area contributed by atoms with E-state index in [1.54, 1.807) is 0 Å². The molecule has 2 rings (SSSR count). The van der Waals surface area contributed by atoms with Crippen LogP contribution in [0.25, 0.3) is 0 Å². The monoisotopic (exact) mass is 267 g/mol. The molecule has 0 aromatic rings. The fourth-order valence-electron chi connectivity index (χ4n) is 3.93. The van der Waals surface area contributed by atoms with Crippen LogP contribution in [0.3, 0.4) is 0 Å². The van der Waals surface area contributed by atoms with Crippen LogP contribution in [0.5, 0.6) is 0 Å². The molecule has 0 aromatic carbocycles. The Morgan fingerprint density at radius 2 is 1.95 bits per heavy atom. The molecule has 1 atom stereocenters. The molecule has 2 aliphatic rings. The summed E-state index contributed by atoms with van der Waals surface area (Å²) in [7, 11) is 6.76. The van der Waals surface area contributed by atoms with Crippen molar-refractivity contribution < 1.29 is 0 Å². The summed E-state index contributed by atoms with van der Waals surface area (Å²) in [6.07, 6.45) is 11.1. The summed E-state index contributed by atoms with van der Waals surface area (Å²) in [5.41, 5.74) is 0.438. The van der Waals surface area contributed by atoms with E-state index in [9.17, 15) is 0 Å². The Hall–Kier alpha value is -0.120. The summed E-state index contributed by atoms with van der Waals surface area (Å²) >= 11 is 0. The topological polar surface area (TPSA) is 18.5 Å². The molecule has 112 valence electrons. The molecule has 2 fully saturated rings. The third-order valence-corrected chi connectivity index (χ3v) is 5.51. The maximum absolute atomic E-state index is 3.65. The van der Waals surface area contributed by atoms with Crippen molar-refractivity contribution in [1.29, 1.82) is 0 Å². The van der Waals surface area contributed by atoms with Crippen LogP contribution in [0.4, 0.5) is 0 Å². The van der Waals surface area contributed by atoms with Gasteiger partial charge in [-0.3, -0.25) is 0 Å². The van der Waals surface area contributed by atoms with E-state index in [0.717, 1.165) is 6.04 Å². The van der Waals surface area contributed by atoms with Crippen molar-refractivity contribution >= 4 is 0 Å². The Balaban J connectivity index is 1.79. The highest BCUT2D eigenvalue weighted by Crippen LogP contribution is 2.31. The highest BCUT2D eigenvalue weighted by molar-refractivity contribution is 4.91.